The average molecular weight is 672 g/mol. The van der Waals surface area contributed by atoms with Gasteiger partial charge in [-0.05, 0) is 116 Å². The first kappa shape index (κ1) is 44.0. The summed E-state index contributed by atoms with van der Waals surface area (Å²) in [6.07, 6.45) is 24.0. The fourth-order valence-electron chi connectivity index (χ4n) is 6.57. The van der Waals surface area contributed by atoms with Gasteiger partial charge in [0.25, 0.3) is 0 Å². The molecule has 0 radical (unpaired) electrons. The van der Waals surface area contributed by atoms with E-state index in [1.165, 1.54) is 122 Å². The van der Waals surface area contributed by atoms with Crippen molar-refractivity contribution in [2.45, 2.75) is 164 Å². The summed E-state index contributed by atoms with van der Waals surface area (Å²) in [6.45, 7) is 18.6. The van der Waals surface area contributed by atoms with Crippen LogP contribution in [0.15, 0.2) is 42.0 Å². The predicted molar refractivity (Wildman–Crippen MR) is 201 cm³/mol. The smallest absolute Gasteiger partial charge is 0.493 e. The van der Waals surface area contributed by atoms with E-state index in [1.54, 1.807) is 12.5 Å². The topological polar surface area (TPSA) is 25.3 Å². The summed E-state index contributed by atoms with van der Waals surface area (Å²) >= 11 is 0. The van der Waals surface area contributed by atoms with Crippen LogP contribution in [0.2, 0.25) is 0 Å². The van der Waals surface area contributed by atoms with Crippen molar-refractivity contribution in [3.8, 4) is 0 Å². The molecule has 0 aromatic heterocycles. The molecule has 3 heteroatoms. The minimum Gasteiger partial charge on any atom is -0.493 e. The van der Waals surface area contributed by atoms with Crippen LogP contribution in [-0.2, 0) is 48.6 Å². The van der Waals surface area contributed by atoms with Crippen molar-refractivity contribution in [2.24, 2.45) is 0 Å². The van der Waals surface area contributed by atoms with E-state index in [-0.39, 0.29) is 23.9 Å². The number of benzene rings is 2. The van der Waals surface area contributed by atoms with Crippen LogP contribution < -0.4 is 0 Å². The Hall–Kier alpha value is -1.99. The summed E-state index contributed by atoms with van der Waals surface area (Å²) in [5, 5.41) is 0. The van der Waals surface area contributed by atoms with Gasteiger partial charge in [0.2, 0.25) is 11.4 Å². The molecule has 0 aliphatic carbocycles. The summed E-state index contributed by atoms with van der Waals surface area (Å²) in [5.74, 6) is 0. The standard InChI is InChI=1S/C40H60N2.C2H5.CH3.Ni/c1-7-13-17-18-19-20-23-33-25-26-36(28-34(33)21-14-8-2)39-30-32(12-6)40(42(39)41)37-27-31(11-5)38(24-16-10-4)35(29-37)22-15-9-3;1-2;;/h25-30H,7-24H2,1-6H3;1H2,2H3;1H3;/q;2*-1;+2. The fraction of sp³-hybridized carbons (Fsp3) is 0.581. The molecule has 0 saturated carbocycles. The van der Waals surface area contributed by atoms with Crippen molar-refractivity contribution in [3.63, 3.8) is 0 Å². The van der Waals surface area contributed by atoms with Gasteiger partial charge in [0.05, 0.1) is 0 Å². The number of rotatable bonds is 20. The Morgan fingerprint density at radius 2 is 1.09 bits per heavy atom. The van der Waals surface area contributed by atoms with Gasteiger partial charge in [0.1, 0.15) is 0 Å². The van der Waals surface area contributed by atoms with Crippen LogP contribution in [0.1, 0.15) is 171 Å². The van der Waals surface area contributed by atoms with Crippen molar-refractivity contribution in [3.05, 3.63) is 101 Å². The molecular weight excluding hydrogens is 603 g/mol. The second-order valence-electron chi connectivity index (χ2n) is 12.5. The molecule has 0 bridgehead atoms. The van der Waals surface area contributed by atoms with Gasteiger partial charge in [-0.1, -0.05) is 99.0 Å². The summed E-state index contributed by atoms with van der Waals surface area (Å²) < 4.78 is 1.51. The van der Waals surface area contributed by atoms with E-state index in [0.717, 1.165) is 49.1 Å². The predicted octanol–water partition coefficient (Wildman–Crippen LogP) is 13.7. The summed E-state index contributed by atoms with van der Waals surface area (Å²) in [7, 11) is 0. The molecule has 0 N–H and O–H groups in total. The molecule has 260 valence electrons. The molecule has 1 heterocycles. The quantitative estimate of drug-likeness (QED) is 0.0579. The molecule has 0 spiro atoms. The maximum absolute atomic E-state index is 11.8. The summed E-state index contributed by atoms with van der Waals surface area (Å²) in [4.78, 5) is 0. The van der Waals surface area contributed by atoms with Crippen molar-refractivity contribution in [1.29, 1.82) is 0 Å². The third-order valence-electron chi connectivity index (χ3n) is 9.21. The van der Waals surface area contributed by atoms with Gasteiger partial charge >= 0.3 is 16.5 Å². The van der Waals surface area contributed by atoms with Gasteiger partial charge in [0.15, 0.2) is 0 Å². The van der Waals surface area contributed by atoms with Crippen LogP contribution in [0.5, 0.6) is 0 Å². The Morgan fingerprint density at radius 3 is 1.70 bits per heavy atom. The van der Waals surface area contributed by atoms with Crippen LogP contribution in [-0.4, -0.2) is 4.70 Å². The molecule has 2 nitrogen and oxygen atoms in total. The SMILES string of the molecule is CCCCCCCCc1ccc(C2=CC(CC)=C(c3cc(CC)c(CCCC)c(CCCC)c3)[N+]2=[N-])cc1CCCC.[CH2-]C.[CH3-].[Ni+2]. The molecule has 0 fully saturated rings. The largest absolute Gasteiger partial charge is 2.00 e. The second-order valence-corrected chi connectivity index (χ2v) is 12.5. The van der Waals surface area contributed by atoms with E-state index in [1.807, 2.05) is 0 Å². The van der Waals surface area contributed by atoms with Crippen molar-refractivity contribution < 1.29 is 21.2 Å². The van der Waals surface area contributed by atoms with Crippen molar-refractivity contribution >= 4 is 11.4 Å². The Labute approximate surface area is 296 Å². The maximum atomic E-state index is 11.8. The van der Waals surface area contributed by atoms with E-state index >= 15 is 0 Å². The van der Waals surface area contributed by atoms with E-state index < -0.39 is 0 Å². The van der Waals surface area contributed by atoms with Gasteiger partial charge in [-0.15, -0.1) is 0 Å². The number of allylic oxidation sites excluding steroid dienone is 2. The van der Waals surface area contributed by atoms with Crippen molar-refractivity contribution in [1.82, 2.24) is 0 Å². The number of hydrogen-bond acceptors (Lipinski definition) is 0. The Bertz CT molecular complexity index is 1220. The Kier molecular flexibility index (Phi) is 24.0. The third kappa shape index (κ3) is 12.6. The van der Waals surface area contributed by atoms with Crippen LogP contribution in [0.25, 0.3) is 16.9 Å². The van der Waals surface area contributed by atoms with Crippen LogP contribution in [0, 0.1) is 14.4 Å². The molecule has 2 aromatic rings. The molecule has 0 atom stereocenters. The Morgan fingerprint density at radius 1 is 0.565 bits per heavy atom. The maximum Gasteiger partial charge on any atom is 2.00 e. The summed E-state index contributed by atoms with van der Waals surface area (Å²) in [6, 6.07) is 11.8. The number of nitrogens with zero attached hydrogens (tertiary/aromatic N) is 2. The van der Waals surface area contributed by atoms with Crippen LogP contribution >= 0.6 is 0 Å². The molecular formula is C43H68N2Ni. The number of hydrogen-bond donors (Lipinski definition) is 0. The molecule has 1 aliphatic heterocycles. The Balaban J connectivity index is 0.00000496. The van der Waals surface area contributed by atoms with E-state index in [9.17, 15) is 5.53 Å². The molecule has 3 rings (SSSR count). The molecule has 0 saturated heterocycles. The first-order valence-electron chi connectivity index (χ1n) is 18.4. The number of unbranched alkanes of at least 4 members (excludes halogenated alkanes) is 8. The third-order valence-corrected chi connectivity index (χ3v) is 9.21. The first-order valence-corrected chi connectivity index (χ1v) is 18.4. The first-order chi connectivity index (χ1) is 21.5. The molecule has 46 heavy (non-hydrogen) atoms. The van der Waals surface area contributed by atoms with Gasteiger partial charge in [-0.25, -0.2) is 4.70 Å². The number of aryl methyl sites for hydroxylation is 4. The van der Waals surface area contributed by atoms with Crippen molar-refractivity contribution in [2.75, 3.05) is 0 Å². The minimum absolute atomic E-state index is 0. The second kappa shape index (κ2) is 25.1. The van der Waals surface area contributed by atoms with Gasteiger partial charge in [0, 0.05) is 22.8 Å². The minimum atomic E-state index is 0. The zero-order chi connectivity index (χ0) is 32.3. The van der Waals surface area contributed by atoms with Gasteiger partial charge < -0.3 is 19.9 Å². The van der Waals surface area contributed by atoms with E-state index in [0.29, 0.717) is 0 Å². The molecule has 1 aliphatic rings. The summed E-state index contributed by atoms with van der Waals surface area (Å²) in [5.41, 5.74) is 24.7. The normalized spacial score (nSPS) is 12.3. The van der Waals surface area contributed by atoms with Crippen LogP contribution in [0.3, 0.4) is 0 Å². The zero-order valence-corrected chi connectivity index (χ0v) is 32.1. The monoisotopic (exact) mass is 670 g/mol. The van der Waals surface area contributed by atoms with Gasteiger partial charge in [-0.2, -0.15) is 6.92 Å². The van der Waals surface area contributed by atoms with E-state index in [2.05, 4.69) is 84.9 Å². The molecule has 2 aromatic carbocycles. The van der Waals surface area contributed by atoms with E-state index in [4.69, 9.17) is 0 Å². The molecule has 0 amide bonds. The average Bonchev–Trinajstić information content (AvgIpc) is 3.40. The fourth-order valence-corrected chi connectivity index (χ4v) is 6.57. The molecule has 0 unspecified atom stereocenters. The van der Waals surface area contributed by atoms with Gasteiger partial charge in [-0.3, -0.25) is 0 Å². The zero-order valence-electron chi connectivity index (χ0n) is 31.1. The van der Waals surface area contributed by atoms with Crippen LogP contribution in [0.4, 0.5) is 0 Å².